The topological polar surface area (TPSA) is 66.9 Å². The van der Waals surface area contributed by atoms with Crippen LogP contribution in [0.3, 0.4) is 0 Å². The van der Waals surface area contributed by atoms with Gasteiger partial charge in [-0.2, -0.15) is 0 Å². The first kappa shape index (κ1) is 17.5. The Balaban J connectivity index is 1.70. The molecule has 0 fully saturated rings. The van der Waals surface area contributed by atoms with Crippen LogP contribution in [0.1, 0.15) is 10.5 Å². The number of hydrogen-bond acceptors (Lipinski definition) is 4. The van der Waals surface area contributed by atoms with E-state index in [1.54, 1.807) is 30.3 Å². The van der Waals surface area contributed by atoms with Crippen LogP contribution in [0.15, 0.2) is 54.9 Å². The minimum atomic E-state index is -0.435. The predicted octanol–water partition coefficient (Wildman–Crippen LogP) is 5.43. The monoisotopic (exact) mass is 392 g/mol. The first-order valence-corrected chi connectivity index (χ1v) is 8.26. The summed E-state index contributed by atoms with van der Waals surface area (Å²) in [5.41, 5.74) is 1.36. The Kier molecular flexibility index (Phi) is 5.38. The van der Waals surface area contributed by atoms with Crippen molar-refractivity contribution in [3.05, 3.63) is 75.6 Å². The summed E-state index contributed by atoms with van der Waals surface area (Å²) in [4.78, 5) is 20.5. The van der Waals surface area contributed by atoms with Crippen LogP contribution in [0, 0.1) is 0 Å². The van der Waals surface area contributed by atoms with Gasteiger partial charge >= 0.3 is 0 Å². The molecule has 5 nitrogen and oxygen atoms in total. The molecule has 0 saturated heterocycles. The highest BCUT2D eigenvalue weighted by molar-refractivity contribution is 6.44. The number of hydrogen-bond donors (Lipinski definition) is 2. The molecule has 0 saturated carbocycles. The summed E-state index contributed by atoms with van der Waals surface area (Å²) >= 11 is 17.8. The molecule has 3 aromatic rings. The highest BCUT2D eigenvalue weighted by Gasteiger charge is 2.12. The number of aromatic nitrogens is 2. The molecule has 1 aromatic heterocycles. The van der Waals surface area contributed by atoms with Crippen molar-refractivity contribution in [3.63, 3.8) is 0 Å². The van der Waals surface area contributed by atoms with Gasteiger partial charge in [0.15, 0.2) is 0 Å². The van der Waals surface area contributed by atoms with E-state index < -0.39 is 5.91 Å². The zero-order valence-corrected chi connectivity index (χ0v) is 14.9. The molecule has 0 atom stereocenters. The molecule has 3 rings (SSSR count). The van der Waals surface area contributed by atoms with Gasteiger partial charge in [-0.15, -0.1) is 0 Å². The lowest BCUT2D eigenvalue weighted by atomic mass is 10.3. The molecule has 0 aliphatic rings. The minimum Gasteiger partial charge on any atom is -0.339 e. The van der Waals surface area contributed by atoms with Crippen LogP contribution in [0.2, 0.25) is 15.1 Å². The van der Waals surface area contributed by atoms with Crippen molar-refractivity contribution < 1.29 is 4.79 Å². The molecular formula is C17H11Cl3N4O. The van der Waals surface area contributed by atoms with Gasteiger partial charge in [-0.05, 0) is 36.4 Å². The Hall–Kier alpha value is -2.34. The molecule has 1 heterocycles. The van der Waals surface area contributed by atoms with E-state index in [2.05, 4.69) is 20.6 Å². The van der Waals surface area contributed by atoms with Gasteiger partial charge in [-0.25, -0.2) is 9.97 Å². The van der Waals surface area contributed by atoms with E-state index >= 15 is 0 Å². The third kappa shape index (κ3) is 4.39. The SMILES string of the molecule is O=C(Nc1cccc(Cl)c1Cl)c1cnc(Nc2ccc(Cl)cc2)cn1. The van der Waals surface area contributed by atoms with Crippen LogP contribution >= 0.6 is 34.8 Å². The zero-order chi connectivity index (χ0) is 17.8. The summed E-state index contributed by atoms with van der Waals surface area (Å²) in [5.74, 6) is 0.0642. The van der Waals surface area contributed by atoms with Crippen molar-refractivity contribution in [1.29, 1.82) is 0 Å². The second-order valence-electron chi connectivity index (χ2n) is 4.97. The first-order valence-electron chi connectivity index (χ1n) is 7.13. The number of anilines is 3. The van der Waals surface area contributed by atoms with Crippen molar-refractivity contribution in [2.75, 3.05) is 10.6 Å². The normalized spacial score (nSPS) is 10.4. The Morgan fingerprint density at radius 3 is 2.36 bits per heavy atom. The maximum Gasteiger partial charge on any atom is 0.275 e. The number of halogens is 3. The Morgan fingerprint density at radius 2 is 1.68 bits per heavy atom. The molecule has 0 aliphatic heterocycles. The van der Waals surface area contributed by atoms with Gasteiger partial charge in [-0.1, -0.05) is 40.9 Å². The molecule has 25 heavy (non-hydrogen) atoms. The molecule has 126 valence electrons. The van der Waals surface area contributed by atoms with Crippen LogP contribution < -0.4 is 10.6 Å². The average Bonchev–Trinajstić information content (AvgIpc) is 2.61. The van der Waals surface area contributed by atoms with E-state index in [9.17, 15) is 4.79 Å². The summed E-state index contributed by atoms with van der Waals surface area (Å²) in [6, 6.07) is 12.1. The standard InChI is InChI=1S/C17H11Cl3N4O/c18-10-4-6-11(7-5-10)23-15-9-21-14(8-22-15)17(25)24-13-3-1-2-12(19)16(13)20/h1-9H,(H,22,23)(H,24,25). The molecule has 1 amide bonds. The molecule has 0 radical (unpaired) electrons. The lowest BCUT2D eigenvalue weighted by Crippen LogP contribution is -2.14. The molecule has 0 aliphatic carbocycles. The number of carbonyl (C=O) groups excluding carboxylic acids is 1. The molecule has 0 spiro atoms. The van der Waals surface area contributed by atoms with Gasteiger partial charge in [0, 0.05) is 10.7 Å². The van der Waals surface area contributed by atoms with Gasteiger partial charge in [0.2, 0.25) is 0 Å². The highest BCUT2D eigenvalue weighted by Crippen LogP contribution is 2.29. The van der Waals surface area contributed by atoms with Gasteiger partial charge < -0.3 is 10.6 Å². The van der Waals surface area contributed by atoms with E-state index in [1.165, 1.54) is 12.4 Å². The lowest BCUT2D eigenvalue weighted by Gasteiger charge is -2.08. The van der Waals surface area contributed by atoms with Crippen LogP contribution in [-0.4, -0.2) is 15.9 Å². The second kappa shape index (κ2) is 7.70. The van der Waals surface area contributed by atoms with E-state index in [0.29, 0.717) is 21.6 Å². The van der Waals surface area contributed by atoms with Crippen molar-refractivity contribution in [3.8, 4) is 0 Å². The summed E-state index contributed by atoms with van der Waals surface area (Å²) in [6.45, 7) is 0. The number of amides is 1. The Bertz CT molecular complexity index is 899. The maximum absolute atomic E-state index is 12.2. The van der Waals surface area contributed by atoms with Gasteiger partial charge in [-0.3, -0.25) is 4.79 Å². The number of benzene rings is 2. The fourth-order valence-corrected chi connectivity index (χ4v) is 2.45. The Morgan fingerprint density at radius 1 is 0.920 bits per heavy atom. The van der Waals surface area contributed by atoms with E-state index in [1.807, 2.05) is 12.1 Å². The van der Waals surface area contributed by atoms with Crippen molar-refractivity contribution >= 4 is 57.9 Å². The first-order chi connectivity index (χ1) is 12.0. The summed E-state index contributed by atoms with van der Waals surface area (Å²) in [5, 5.41) is 6.98. The minimum absolute atomic E-state index is 0.151. The summed E-state index contributed by atoms with van der Waals surface area (Å²) in [6.07, 6.45) is 2.83. The number of rotatable bonds is 4. The molecule has 0 bridgehead atoms. The fraction of sp³-hybridized carbons (Fsp3) is 0. The van der Waals surface area contributed by atoms with Crippen molar-refractivity contribution in [2.24, 2.45) is 0 Å². The summed E-state index contributed by atoms with van der Waals surface area (Å²) in [7, 11) is 0. The van der Waals surface area contributed by atoms with Gasteiger partial charge in [0.05, 0.1) is 28.1 Å². The average molecular weight is 394 g/mol. The van der Waals surface area contributed by atoms with Gasteiger partial charge in [0.25, 0.3) is 5.91 Å². The van der Waals surface area contributed by atoms with E-state index in [-0.39, 0.29) is 10.7 Å². The van der Waals surface area contributed by atoms with Crippen molar-refractivity contribution in [2.45, 2.75) is 0 Å². The number of carbonyl (C=O) groups is 1. The molecule has 8 heteroatoms. The largest absolute Gasteiger partial charge is 0.339 e. The Labute approximate surface area is 159 Å². The maximum atomic E-state index is 12.2. The van der Waals surface area contributed by atoms with Crippen LogP contribution in [0.4, 0.5) is 17.2 Å². The summed E-state index contributed by atoms with van der Waals surface area (Å²) < 4.78 is 0. The fourth-order valence-electron chi connectivity index (χ4n) is 1.98. The third-order valence-electron chi connectivity index (χ3n) is 3.20. The quantitative estimate of drug-likeness (QED) is 0.620. The second-order valence-corrected chi connectivity index (χ2v) is 6.20. The van der Waals surface area contributed by atoms with E-state index in [0.717, 1.165) is 5.69 Å². The van der Waals surface area contributed by atoms with Crippen LogP contribution in [0.5, 0.6) is 0 Å². The van der Waals surface area contributed by atoms with Crippen LogP contribution in [-0.2, 0) is 0 Å². The zero-order valence-electron chi connectivity index (χ0n) is 12.6. The molecule has 2 N–H and O–H groups in total. The third-order valence-corrected chi connectivity index (χ3v) is 4.27. The number of nitrogens with zero attached hydrogens (tertiary/aromatic N) is 2. The molecular weight excluding hydrogens is 383 g/mol. The molecule has 0 unspecified atom stereocenters. The smallest absolute Gasteiger partial charge is 0.275 e. The molecule has 2 aromatic carbocycles. The lowest BCUT2D eigenvalue weighted by molar-refractivity contribution is 0.102. The van der Waals surface area contributed by atoms with Crippen LogP contribution in [0.25, 0.3) is 0 Å². The predicted molar refractivity (Wildman–Crippen MR) is 101 cm³/mol. The van der Waals surface area contributed by atoms with E-state index in [4.69, 9.17) is 34.8 Å². The number of nitrogens with one attached hydrogen (secondary N) is 2. The van der Waals surface area contributed by atoms with Gasteiger partial charge in [0.1, 0.15) is 11.5 Å². The van der Waals surface area contributed by atoms with Crippen molar-refractivity contribution in [1.82, 2.24) is 9.97 Å². The highest BCUT2D eigenvalue weighted by atomic mass is 35.5.